The second kappa shape index (κ2) is 5.86. The summed E-state index contributed by atoms with van der Waals surface area (Å²) in [7, 11) is 1.83. The maximum Gasteiger partial charge on any atom is 0.229 e. The quantitative estimate of drug-likeness (QED) is 0.553. The molecule has 0 bridgehead atoms. The minimum absolute atomic E-state index is 0.316. The summed E-state index contributed by atoms with van der Waals surface area (Å²) in [5.74, 6) is 0.0867. The maximum atomic E-state index is 13.5. The van der Waals surface area contributed by atoms with Crippen LogP contribution in [0.1, 0.15) is 5.56 Å². The van der Waals surface area contributed by atoms with Crippen LogP contribution in [-0.2, 0) is 13.6 Å². The Balaban J connectivity index is 1.67. The lowest BCUT2D eigenvalue weighted by Crippen LogP contribution is -2.06. The van der Waals surface area contributed by atoms with Crippen LogP contribution in [-0.4, -0.2) is 29.5 Å². The van der Waals surface area contributed by atoms with E-state index in [-0.39, 0.29) is 5.82 Å². The molecule has 0 amide bonds. The fourth-order valence-electron chi connectivity index (χ4n) is 2.53. The Hall–Kier alpha value is -3.49. The zero-order valence-electron chi connectivity index (χ0n) is 13.4. The predicted octanol–water partition coefficient (Wildman–Crippen LogP) is 2.07. The van der Waals surface area contributed by atoms with Crippen molar-refractivity contribution >= 4 is 28.4 Å². The number of halogens is 1. The van der Waals surface area contributed by atoms with Gasteiger partial charge in [0.2, 0.25) is 5.95 Å². The summed E-state index contributed by atoms with van der Waals surface area (Å²) < 4.78 is 16.8. The number of hydrogen-bond donors (Lipinski definition) is 2. The van der Waals surface area contributed by atoms with Crippen molar-refractivity contribution in [3.63, 3.8) is 0 Å². The van der Waals surface area contributed by atoms with Crippen molar-refractivity contribution in [2.75, 3.05) is 11.1 Å². The van der Waals surface area contributed by atoms with Gasteiger partial charge in [-0.3, -0.25) is 4.68 Å². The zero-order valence-corrected chi connectivity index (χ0v) is 13.4. The molecule has 0 aliphatic rings. The number of nitrogens with zero attached hydrogens (tertiary/aromatic N) is 6. The summed E-state index contributed by atoms with van der Waals surface area (Å²) in [5, 5.41) is 12.3. The molecule has 9 heteroatoms. The van der Waals surface area contributed by atoms with Gasteiger partial charge in [-0.05, 0) is 23.8 Å². The van der Waals surface area contributed by atoms with Crippen molar-refractivity contribution < 1.29 is 4.39 Å². The summed E-state index contributed by atoms with van der Waals surface area (Å²) in [6.07, 6.45) is 6.84. The number of nitrogen functional groups attached to an aromatic ring is 1. The molecule has 126 valence electrons. The topological polar surface area (TPSA) is 99.5 Å². The van der Waals surface area contributed by atoms with Gasteiger partial charge < -0.3 is 11.1 Å². The van der Waals surface area contributed by atoms with Crippen molar-refractivity contribution in [2.24, 2.45) is 7.05 Å². The molecule has 0 radical (unpaired) electrons. The first-order valence-corrected chi connectivity index (χ1v) is 7.56. The Kier molecular flexibility index (Phi) is 3.53. The molecule has 0 fully saturated rings. The molecule has 25 heavy (non-hydrogen) atoms. The lowest BCUT2D eigenvalue weighted by molar-refractivity contribution is 0.621. The fraction of sp³-hybridized carbons (Fsp3) is 0.125. The molecule has 8 nitrogen and oxygen atoms in total. The first-order chi connectivity index (χ1) is 12.1. The molecule has 0 saturated heterocycles. The van der Waals surface area contributed by atoms with E-state index in [4.69, 9.17) is 5.73 Å². The molecule has 0 spiro atoms. The van der Waals surface area contributed by atoms with Crippen LogP contribution < -0.4 is 11.1 Å². The van der Waals surface area contributed by atoms with Crippen molar-refractivity contribution in [2.45, 2.75) is 6.54 Å². The van der Waals surface area contributed by atoms with E-state index in [0.29, 0.717) is 29.4 Å². The van der Waals surface area contributed by atoms with E-state index in [1.165, 1.54) is 12.1 Å². The van der Waals surface area contributed by atoms with E-state index in [1.54, 1.807) is 34.0 Å². The first-order valence-electron chi connectivity index (χ1n) is 7.56. The molecule has 0 saturated carbocycles. The molecule has 3 aromatic heterocycles. The number of anilines is 3. The molecule has 1 aromatic carbocycles. The normalized spacial score (nSPS) is 11.1. The second-order valence-electron chi connectivity index (χ2n) is 5.65. The molecule has 4 aromatic rings. The molecule has 0 aliphatic heterocycles. The van der Waals surface area contributed by atoms with E-state index in [0.717, 1.165) is 11.1 Å². The van der Waals surface area contributed by atoms with Gasteiger partial charge in [-0.25, -0.2) is 14.1 Å². The van der Waals surface area contributed by atoms with Crippen LogP contribution in [0.15, 0.2) is 43.0 Å². The summed E-state index contributed by atoms with van der Waals surface area (Å²) in [6.45, 7) is 0.316. The number of benzene rings is 1. The molecule has 0 atom stereocenters. The largest absolute Gasteiger partial charge is 0.398 e. The van der Waals surface area contributed by atoms with Crippen LogP contribution in [0.3, 0.4) is 0 Å². The number of aryl methyl sites for hydroxylation is 1. The lowest BCUT2D eigenvalue weighted by Gasteiger charge is -2.07. The van der Waals surface area contributed by atoms with Gasteiger partial charge in [-0.15, -0.1) is 0 Å². The fourth-order valence-corrected chi connectivity index (χ4v) is 2.53. The van der Waals surface area contributed by atoms with E-state index >= 15 is 0 Å². The molecule has 3 heterocycles. The molecule has 4 rings (SSSR count). The first kappa shape index (κ1) is 15.1. The maximum absolute atomic E-state index is 13.5. The van der Waals surface area contributed by atoms with Gasteiger partial charge in [0.25, 0.3) is 0 Å². The van der Waals surface area contributed by atoms with Crippen molar-refractivity contribution in [1.29, 1.82) is 0 Å². The average molecular weight is 338 g/mol. The van der Waals surface area contributed by atoms with Crippen LogP contribution in [0.4, 0.5) is 21.7 Å². The smallest absolute Gasteiger partial charge is 0.229 e. The minimum Gasteiger partial charge on any atom is -0.398 e. The average Bonchev–Trinajstić information content (AvgIpc) is 3.17. The van der Waals surface area contributed by atoms with Gasteiger partial charge in [0, 0.05) is 25.1 Å². The van der Waals surface area contributed by atoms with Gasteiger partial charge in [0.15, 0.2) is 5.65 Å². The van der Waals surface area contributed by atoms with Crippen LogP contribution >= 0.6 is 0 Å². The second-order valence-corrected chi connectivity index (χ2v) is 5.65. The zero-order chi connectivity index (χ0) is 17.4. The van der Waals surface area contributed by atoms with Gasteiger partial charge >= 0.3 is 0 Å². The van der Waals surface area contributed by atoms with Crippen LogP contribution in [0.2, 0.25) is 0 Å². The van der Waals surface area contributed by atoms with Crippen molar-refractivity contribution in [3.05, 3.63) is 54.4 Å². The van der Waals surface area contributed by atoms with E-state index in [1.807, 2.05) is 13.2 Å². The van der Waals surface area contributed by atoms with Crippen LogP contribution in [0.25, 0.3) is 11.0 Å². The highest BCUT2D eigenvalue weighted by molar-refractivity contribution is 5.75. The predicted molar refractivity (Wildman–Crippen MR) is 91.7 cm³/mol. The van der Waals surface area contributed by atoms with Gasteiger partial charge in [0.1, 0.15) is 5.82 Å². The van der Waals surface area contributed by atoms with Crippen LogP contribution in [0, 0.1) is 5.82 Å². The highest BCUT2D eigenvalue weighted by Gasteiger charge is 2.10. The summed E-state index contributed by atoms with van der Waals surface area (Å²) >= 11 is 0. The Bertz CT molecular complexity index is 1050. The monoisotopic (exact) mass is 338 g/mol. The molecule has 0 aliphatic carbocycles. The van der Waals surface area contributed by atoms with Crippen LogP contribution in [0.5, 0.6) is 0 Å². The third-order valence-electron chi connectivity index (χ3n) is 3.76. The van der Waals surface area contributed by atoms with Gasteiger partial charge in [0.05, 0.1) is 30.0 Å². The van der Waals surface area contributed by atoms with E-state index < -0.39 is 0 Å². The third-order valence-corrected chi connectivity index (χ3v) is 3.76. The van der Waals surface area contributed by atoms with E-state index in [2.05, 4.69) is 25.5 Å². The number of nitrogens with two attached hydrogens (primary N) is 1. The number of aromatic nitrogens is 6. The Morgan fingerprint density at radius 1 is 1.20 bits per heavy atom. The Labute approximate surface area is 142 Å². The SMILES string of the molecule is Cn1cc(Nc2ncc3cnn(Cc4cc(F)ccc4N)c3n2)cn1. The molecule has 0 unspecified atom stereocenters. The Morgan fingerprint density at radius 3 is 2.88 bits per heavy atom. The highest BCUT2D eigenvalue weighted by atomic mass is 19.1. The number of rotatable bonds is 4. The molecule has 3 N–H and O–H groups in total. The minimum atomic E-state index is -0.339. The van der Waals surface area contributed by atoms with Crippen molar-refractivity contribution in [3.8, 4) is 0 Å². The Morgan fingerprint density at radius 2 is 2.08 bits per heavy atom. The van der Waals surface area contributed by atoms with E-state index in [9.17, 15) is 4.39 Å². The standard InChI is InChI=1S/C16H15FN8/c1-24-9-13(7-20-24)22-16-19-5-11-6-21-25(15(11)23-16)8-10-4-12(17)2-3-14(10)18/h2-7,9H,8,18H2,1H3,(H,19,22,23). The highest BCUT2D eigenvalue weighted by Crippen LogP contribution is 2.19. The number of fused-ring (bicyclic) bond motifs is 1. The van der Waals surface area contributed by atoms with Crippen molar-refractivity contribution in [1.82, 2.24) is 29.5 Å². The molecular formula is C16H15FN8. The summed E-state index contributed by atoms with van der Waals surface area (Å²) in [4.78, 5) is 8.76. The lowest BCUT2D eigenvalue weighted by atomic mass is 10.2. The summed E-state index contributed by atoms with van der Waals surface area (Å²) in [6, 6.07) is 4.28. The summed E-state index contributed by atoms with van der Waals surface area (Å²) in [5.41, 5.74) is 8.48. The third kappa shape index (κ3) is 2.99. The number of nitrogens with one attached hydrogen (secondary N) is 1. The van der Waals surface area contributed by atoms with Gasteiger partial charge in [-0.1, -0.05) is 0 Å². The number of hydrogen-bond acceptors (Lipinski definition) is 6. The van der Waals surface area contributed by atoms with Gasteiger partial charge in [-0.2, -0.15) is 15.2 Å². The molecular weight excluding hydrogens is 323 g/mol.